The molecule has 1 saturated heterocycles. The van der Waals surface area contributed by atoms with Gasteiger partial charge in [-0.05, 0) is 60.9 Å². The Hall–Kier alpha value is -4.02. The molecule has 3 aromatic rings. The predicted molar refractivity (Wildman–Crippen MR) is 122 cm³/mol. The third-order valence-corrected chi connectivity index (χ3v) is 5.70. The number of alkyl halides is 3. The third kappa shape index (κ3) is 5.73. The summed E-state index contributed by atoms with van der Waals surface area (Å²) in [4.78, 5) is 27.0. The van der Waals surface area contributed by atoms with E-state index in [1.807, 2.05) is 0 Å². The highest BCUT2D eigenvalue weighted by Gasteiger charge is 2.34. The summed E-state index contributed by atoms with van der Waals surface area (Å²) in [6, 6.07) is 13.5. The van der Waals surface area contributed by atoms with E-state index in [0.29, 0.717) is 36.5 Å². The normalized spacial score (nSPS) is 15.7. The second kappa shape index (κ2) is 10.1. The Balaban J connectivity index is 1.32. The number of hydrogen-bond acceptors (Lipinski definition) is 4. The Morgan fingerprint density at radius 3 is 2.43 bits per heavy atom. The van der Waals surface area contributed by atoms with E-state index < -0.39 is 17.9 Å². The molecule has 1 fully saturated rings. The molecular formula is C24H24F3N5O3. The number of ether oxygens (including phenoxy) is 1. The van der Waals surface area contributed by atoms with E-state index in [1.165, 1.54) is 11.1 Å². The summed E-state index contributed by atoms with van der Waals surface area (Å²) in [5, 5.41) is 9.18. The molecule has 1 aromatic heterocycles. The molecule has 0 unspecified atom stereocenters. The smallest absolute Gasteiger partial charge is 0.435 e. The zero-order chi connectivity index (χ0) is 25.0. The summed E-state index contributed by atoms with van der Waals surface area (Å²) in [5.74, 6) is 0.415. The maximum absolute atomic E-state index is 12.8. The van der Waals surface area contributed by atoms with Crippen LogP contribution in [-0.4, -0.2) is 46.3 Å². The molecule has 0 spiro atoms. The second-order valence-electron chi connectivity index (χ2n) is 8.04. The molecule has 8 nitrogen and oxygen atoms in total. The van der Waals surface area contributed by atoms with Gasteiger partial charge in [-0.1, -0.05) is 12.1 Å². The van der Waals surface area contributed by atoms with E-state index in [4.69, 9.17) is 4.74 Å². The van der Waals surface area contributed by atoms with Gasteiger partial charge in [-0.15, -0.1) is 0 Å². The van der Waals surface area contributed by atoms with E-state index in [9.17, 15) is 22.8 Å². The summed E-state index contributed by atoms with van der Waals surface area (Å²) in [6.07, 6.45) is -1.99. The second-order valence-corrected chi connectivity index (χ2v) is 8.04. The zero-order valence-corrected chi connectivity index (χ0v) is 18.9. The van der Waals surface area contributed by atoms with Crippen molar-refractivity contribution in [2.24, 2.45) is 0 Å². The molecular weight excluding hydrogens is 463 g/mol. The summed E-state index contributed by atoms with van der Waals surface area (Å²) >= 11 is 0. The monoisotopic (exact) mass is 487 g/mol. The molecule has 4 rings (SSSR count). The topological polar surface area (TPSA) is 88.5 Å². The van der Waals surface area contributed by atoms with E-state index in [-0.39, 0.29) is 18.5 Å². The average Bonchev–Trinajstić information content (AvgIpc) is 3.54. The molecule has 2 N–H and O–H groups in total. The van der Waals surface area contributed by atoms with Gasteiger partial charge in [0.25, 0.3) is 0 Å². The highest BCUT2D eigenvalue weighted by Crippen LogP contribution is 2.28. The number of halogens is 3. The van der Waals surface area contributed by atoms with E-state index in [2.05, 4.69) is 15.7 Å². The Bertz CT molecular complexity index is 1180. The number of urea groups is 1. The first-order valence-electron chi connectivity index (χ1n) is 11.0. The number of hydrogen-bond donors (Lipinski definition) is 2. The number of likely N-dealkylation sites (tertiary alicyclic amines) is 1. The van der Waals surface area contributed by atoms with Crippen LogP contribution in [0.1, 0.15) is 24.1 Å². The fraction of sp³-hybridized carbons (Fsp3) is 0.292. The van der Waals surface area contributed by atoms with Crippen LogP contribution in [0.3, 0.4) is 0 Å². The number of anilines is 1. The molecule has 0 radical (unpaired) electrons. The van der Waals surface area contributed by atoms with Gasteiger partial charge >= 0.3 is 12.2 Å². The maximum atomic E-state index is 12.8. The van der Waals surface area contributed by atoms with E-state index >= 15 is 0 Å². The van der Waals surface area contributed by atoms with Crippen molar-refractivity contribution < 1.29 is 27.5 Å². The summed E-state index contributed by atoms with van der Waals surface area (Å²) in [5.41, 5.74) is 0.863. The first-order valence-corrected chi connectivity index (χ1v) is 11.0. The van der Waals surface area contributed by atoms with Crippen LogP contribution in [0.2, 0.25) is 0 Å². The summed E-state index contributed by atoms with van der Waals surface area (Å²) < 4.78 is 44.5. The molecule has 0 saturated carbocycles. The van der Waals surface area contributed by atoms with Crippen molar-refractivity contribution in [3.8, 4) is 11.4 Å². The van der Waals surface area contributed by atoms with Crippen molar-refractivity contribution in [1.29, 1.82) is 0 Å². The minimum Gasteiger partial charge on any atom is -0.497 e. The standard InChI is InChI=1S/C24H24F3N5O3/c1-35-19-10-6-17(7-11-19)29-22(33)20-3-2-13-31(20)23(34)28-15-16-4-8-18(9-5-16)32-14-12-21(30-32)24(25,26)27/h4-12,14,20H,2-3,13,15H2,1H3,(H,28,34)(H,29,33)/t20-/m0/s1. The van der Waals surface area contributed by atoms with Gasteiger partial charge in [0.2, 0.25) is 5.91 Å². The fourth-order valence-corrected chi connectivity index (χ4v) is 3.85. The van der Waals surface area contributed by atoms with Crippen LogP contribution in [0.4, 0.5) is 23.7 Å². The maximum Gasteiger partial charge on any atom is 0.435 e. The van der Waals surface area contributed by atoms with Crippen molar-refractivity contribution in [2.45, 2.75) is 31.6 Å². The van der Waals surface area contributed by atoms with Gasteiger partial charge in [0.15, 0.2) is 5.69 Å². The van der Waals surface area contributed by atoms with Crippen LogP contribution in [0.15, 0.2) is 60.8 Å². The number of carbonyl (C=O) groups excluding carboxylic acids is 2. The number of nitrogens with one attached hydrogen (secondary N) is 2. The fourth-order valence-electron chi connectivity index (χ4n) is 3.85. The molecule has 11 heteroatoms. The first kappa shape index (κ1) is 24.1. The molecule has 2 aromatic carbocycles. The van der Waals surface area contributed by atoms with Gasteiger partial charge in [0, 0.05) is 25.0 Å². The van der Waals surface area contributed by atoms with Crippen LogP contribution in [0, 0.1) is 0 Å². The predicted octanol–water partition coefficient (Wildman–Crippen LogP) is 4.21. The van der Waals surface area contributed by atoms with Gasteiger partial charge in [-0.2, -0.15) is 18.3 Å². The molecule has 3 amide bonds. The van der Waals surface area contributed by atoms with E-state index in [0.717, 1.165) is 16.3 Å². The van der Waals surface area contributed by atoms with Crippen LogP contribution in [-0.2, 0) is 17.5 Å². The number of amides is 3. The van der Waals surface area contributed by atoms with Gasteiger partial charge in [0.1, 0.15) is 11.8 Å². The molecule has 1 aliphatic rings. The van der Waals surface area contributed by atoms with Crippen LogP contribution >= 0.6 is 0 Å². The molecule has 35 heavy (non-hydrogen) atoms. The lowest BCUT2D eigenvalue weighted by atomic mass is 10.2. The molecule has 0 aliphatic carbocycles. The van der Waals surface area contributed by atoms with E-state index in [1.54, 1.807) is 55.6 Å². The minimum atomic E-state index is -4.51. The molecule has 2 heterocycles. The zero-order valence-electron chi connectivity index (χ0n) is 18.9. The first-order chi connectivity index (χ1) is 16.7. The summed E-state index contributed by atoms with van der Waals surface area (Å²) in [6.45, 7) is 0.668. The minimum absolute atomic E-state index is 0.204. The largest absolute Gasteiger partial charge is 0.497 e. The van der Waals surface area contributed by atoms with Gasteiger partial charge in [-0.3, -0.25) is 4.79 Å². The average molecular weight is 487 g/mol. The summed E-state index contributed by atoms with van der Waals surface area (Å²) in [7, 11) is 1.56. The highest BCUT2D eigenvalue weighted by molar-refractivity contribution is 5.97. The van der Waals surface area contributed by atoms with Gasteiger partial charge in [-0.25, -0.2) is 9.48 Å². The highest BCUT2D eigenvalue weighted by atomic mass is 19.4. The third-order valence-electron chi connectivity index (χ3n) is 5.70. The van der Waals surface area contributed by atoms with Crippen LogP contribution in [0.25, 0.3) is 5.69 Å². The van der Waals surface area contributed by atoms with Crippen molar-refractivity contribution >= 4 is 17.6 Å². The molecule has 1 atom stereocenters. The SMILES string of the molecule is COc1ccc(NC(=O)[C@@H]2CCCN2C(=O)NCc2ccc(-n3ccc(C(F)(F)F)n3)cc2)cc1. The van der Waals surface area contributed by atoms with Crippen LogP contribution in [0.5, 0.6) is 5.75 Å². The number of methoxy groups -OCH3 is 1. The Morgan fingerprint density at radius 1 is 1.09 bits per heavy atom. The van der Waals surface area contributed by atoms with Gasteiger partial charge in [0.05, 0.1) is 12.8 Å². The van der Waals surface area contributed by atoms with Crippen molar-refractivity contribution in [3.63, 3.8) is 0 Å². The number of nitrogens with zero attached hydrogens (tertiary/aromatic N) is 3. The molecule has 0 bridgehead atoms. The lowest BCUT2D eigenvalue weighted by Crippen LogP contribution is -2.47. The lowest BCUT2D eigenvalue weighted by molar-refractivity contribution is -0.141. The molecule has 184 valence electrons. The lowest BCUT2D eigenvalue weighted by Gasteiger charge is -2.24. The van der Waals surface area contributed by atoms with Crippen molar-refractivity contribution in [1.82, 2.24) is 20.0 Å². The number of aromatic nitrogens is 2. The van der Waals surface area contributed by atoms with Crippen molar-refractivity contribution in [2.75, 3.05) is 19.0 Å². The Kier molecular flexibility index (Phi) is 6.94. The molecule has 1 aliphatic heterocycles. The van der Waals surface area contributed by atoms with Crippen LogP contribution < -0.4 is 15.4 Å². The Morgan fingerprint density at radius 2 is 1.80 bits per heavy atom. The Labute approximate surface area is 199 Å². The number of carbonyl (C=O) groups is 2. The van der Waals surface area contributed by atoms with Gasteiger partial charge < -0.3 is 20.3 Å². The quantitative estimate of drug-likeness (QED) is 0.545. The number of rotatable bonds is 6. The van der Waals surface area contributed by atoms with Crippen molar-refractivity contribution in [3.05, 3.63) is 72.1 Å². The number of benzene rings is 2.